The monoisotopic (exact) mass is 271 g/mol. The summed E-state index contributed by atoms with van der Waals surface area (Å²) in [6.07, 6.45) is -0.134. The fraction of sp³-hybridized carbons (Fsp3) is 0.200. The number of pyridine rings is 1. The molecule has 5 nitrogen and oxygen atoms in total. The molecule has 104 valence electrons. The lowest BCUT2D eigenvalue weighted by Gasteiger charge is -2.15. The average Bonchev–Trinajstić information content (AvgIpc) is 2.46. The summed E-state index contributed by atoms with van der Waals surface area (Å²) in [5, 5.41) is 11.7. The van der Waals surface area contributed by atoms with Crippen LogP contribution < -0.4 is 10.5 Å². The second-order valence-corrected chi connectivity index (χ2v) is 4.49. The molecule has 2 rings (SSSR count). The van der Waals surface area contributed by atoms with Crippen LogP contribution in [0, 0.1) is 6.92 Å². The van der Waals surface area contributed by atoms with Gasteiger partial charge in [-0.1, -0.05) is 35.5 Å². The zero-order valence-corrected chi connectivity index (χ0v) is 11.4. The van der Waals surface area contributed by atoms with Gasteiger partial charge in [-0.25, -0.2) is 4.98 Å². The number of aromatic nitrogens is 1. The van der Waals surface area contributed by atoms with Crippen LogP contribution in [0.3, 0.4) is 0 Å². The molecule has 0 bridgehead atoms. The molecule has 20 heavy (non-hydrogen) atoms. The van der Waals surface area contributed by atoms with E-state index in [0.29, 0.717) is 11.4 Å². The molecule has 0 amide bonds. The highest BCUT2D eigenvalue weighted by atomic mass is 16.5. The van der Waals surface area contributed by atoms with Crippen LogP contribution in [0.1, 0.15) is 29.8 Å². The lowest BCUT2D eigenvalue weighted by Crippen LogP contribution is -2.14. The zero-order valence-electron chi connectivity index (χ0n) is 11.4. The predicted molar refractivity (Wildman–Crippen MR) is 77.0 cm³/mol. The first kappa shape index (κ1) is 13.9. The molecule has 2 aromatic rings. The van der Waals surface area contributed by atoms with E-state index in [9.17, 15) is 0 Å². The third kappa shape index (κ3) is 3.26. The fourth-order valence-corrected chi connectivity index (χ4v) is 1.88. The molecular weight excluding hydrogens is 254 g/mol. The van der Waals surface area contributed by atoms with Crippen molar-refractivity contribution in [1.29, 1.82) is 0 Å². The Labute approximate surface area is 117 Å². The number of aryl methyl sites for hydroxylation is 1. The molecule has 0 aliphatic carbocycles. The van der Waals surface area contributed by atoms with Crippen LogP contribution in [-0.4, -0.2) is 16.0 Å². The van der Waals surface area contributed by atoms with E-state index in [1.165, 1.54) is 0 Å². The van der Waals surface area contributed by atoms with Crippen LogP contribution in [0.2, 0.25) is 0 Å². The lowest BCUT2D eigenvalue weighted by molar-refractivity contribution is 0.217. The zero-order chi connectivity index (χ0) is 14.5. The molecule has 0 saturated heterocycles. The van der Waals surface area contributed by atoms with Crippen LogP contribution >= 0.6 is 0 Å². The summed E-state index contributed by atoms with van der Waals surface area (Å²) >= 11 is 0. The molecule has 5 heteroatoms. The smallest absolute Gasteiger partial charge is 0.214 e. The van der Waals surface area contributed by atoms with Gasteiger partial charge in [0.25, 0.3) is 0 Å². The van der Waals surface area contributed by atoms with Gasteiger partial charge < -0.3 is 15.7 Å². The lowest BCUT2D eigenvalue weighted by atomic mass is 10.1. The molecule has 1 aromatic carbocycles. The molecule has 0 saturated carbocycles. The summed E-state index contributed by atoms with van der Waals surface area (Å²) in [7, 11) is 0. The number of benzene rings is 1. The van der Waals surface area contributed by atoms with Gasteiger partial charge in [-0.15, -0.1) is 0 Å². The Morgan fingerprint density at radius 3 is 2.65 bits per heavy atom. The molecule has 0 spiro atoms. The third-order valence-corrected chi connectivity index (χ3v) is 2.90. The molecule has 1 atom stereocenters. The molecule has 0 aliphatic heterocycles. The number of nitrogens with two attached hydrogens (primary N) is 1. The minimum Gasteiger partial charge on any atom is -0.470 e. The highest BCUT2D eigenvalue weighted by Gasteiger charge is 2.10. The normalized spacial score (nSPS) is 13.0. The second-order valence-electron chi connectivity index (χ2n) is 4.49. The van der Waals surface area contributed by atoms with Gasteiger partial charge in [-0.3, -0.25) is 0 Å². The summed E-state index contributed by atoms with van der Waals surface area (Å²) in [5.74, 6) is 0.482. The van der Waals surface area contributed by atoms with Gasteiger partial charge in [0, 0.05) is 17.3 Å². The number of amidine groups is 1. The Hall–Kier alpha value is -2.56. The van der Waals surface area contributed by atoms with Gasteiger partial charge in [0.1, 0.15) is 6.10 Å². The van der Waals surface area contributed by atoms with Crippen molar-refractivity contribution in [1.82, 2.24) is 4.98 Å². The van der Waals surface area contributed by atoms with Gasteiger partial charge in [0.2, 0.25) is 5.88 Å². The van der Waals surface area contributed by atoms with Crippen LogP contribution in [0.4, 0.5) is 0 Å². The van der Waals surface area contributed by atoms with E-state index < -0.39 is 0 Å². The molecular formula is C15H17N3O2. The molecule has 0 fully saturated rings. The molecule has 1 aromatic heterocycles. The Bertz CT molecular complexity index is 612. The summed E-state index contributed by atoms with van der Waals surface area (Å²) in [4.78, 5) is 4.30. The van der Waals surface area contributed by atoms with Crippen LogP contribution in [0.5, 0.6) is 5.88 Å². The summed E-state index contributed by atoms with van der Waals surface area (Å²) < 4.78 is 5.81. The fourth-order valence-electron chi connectivity index (χ4n) is 1.88. The minimum atomic E-state index is -0.134. The van der Waals surface area contributed by atoms with Crippen LogP contribution in [-0.2, 0) is 0 Å². The summed E-state index contributed by atoms with van der Waals surface area (Å²) in [6.45, 7) is 3.77. The number of oxime groups is 1. The van der Waals surface area contributed by atoms with Gasteiger partial charge >= 0.3 is 0 Å². The number of nitrogens with zero attached hydrogens (tertiary/aromatic N) is 2. The predicted octanol–water partition coefficient (Wildman–Crippen LogP) is 2.62. The highest BCUT2D eigenvalue weighted by Crippen LogP contribution is 2.21. The molecule has 1 unspecified atom stereocenters. The first-order valence-corrected chi connectivity index (χ1v) is 6.28. The van der Waals surface area contributed by atoms with Gasteiger partial charge in [-0.2, -0.15) is 0 Å². The van der Waals surface area contributed by atoms with E-state index in [1.807, 2.05) is 44.2 Å². The number of hydrogen-bond acceptors (Lipinski definition) is 4. The largest absolute Gasteiger partial charge is 0.470 e. The van der Waals surface area contributed by atoms with E-state index >= 15 is 0 Å². The van der Waals surface area contributed by atoms with Crippen molar-refractivity contribution in [3.63, 3.8) is 0 Å². The Morgan fingerprint density at radius 2 is 2.00 bits per heavy atom. The summed E-state index contributed by atoms with van der Waals surface area (Å²) in [6, 6.07) is 13.2. The molecule has 0 radical (unpaired) electrons. The number of rotatable bonds is 4. The SMILES string of the molecule is Cc1cc(/C(N)=N/O)cc(OC(C)c2ccccc2)n1. The van der Waals surface area contributed by atoms with Crippen molar-refractivity contribution in [2.75, 3.05) is 0 Å². The molecule has 0 aliphatic rings. The average molecular weight is 271 g/mol. The maximum absolute atomic E-state index is 8.73. The van der Waals surface area contributed by atoms with Gasteiger partial charge in [-0.05, 0) is 25.5 Å². The van der Waals surface area contributed by atoms with Crippen molar-refractivity contribution < 1.29 is 9.94 Å². The van der Waals surface area contributed by atoms with Crippen molar-refractivity contribution in [2.45, 2.75) is 20.0 Å². The Kier molecular flexibility index (Phi) is 4.20. The minimum absolute atomic E-state index is 0.0349. The van der Waals surface area contributed by atoms with E-state index in [2.05, 4.69) is 10.1 Å². The van der Waals surface area contributed by atoms with Crippen LogP contribution in [0.15, 0.2) is 47.6 Å². The van der Waals surface area contributed by atoms with Crippen molar-refractivity contribution in [2.24, 2.45) is 10.9 Å². The maximum Gasteiger partial charge on any atom is 0.214 e. The summed E-state index contributed by atoms with van der Waals surface area (Å²) in [5.41, 5.74) is 7.97. The van der Waals surface area contributed by atoms with Gasteiger partial charge in [0.05, 0.1) is 0 Å². The van der Waals surface area contributed by atoms with E-state index in [4.69, 9.17) is 15.7 Å². The topological polar surface area (TPSA) is 80.7 Å². The van der Waals surface area contributed by atoms with E-state index in [0.717, 1.165) is 11.3 Å². The van der Waals surface area contributed by atoms with Crippen molar-refractivity contribution in [3.8, 4) is 5.88 Å². The first-order valence-electron chi connectivity index (χ1n) is 6.28. The van der Waals surface area contributed by atoms with Crippen molar-refractivity contribution in [3.05, 3.63) is 59.3 Å². The quantitative estimate of drug-likeness (QED) is 0.387. The van der Waals surface area contributed by atoms with Crippen LogP contribution in [0.25, 0.3) is 0 Å². The third-order valence-electron chi connectivity index (χ3n) is 2.90. The molecule has 1 heterocycles. The molecule has 3 N–H and O–H groups in total. The standard InChI is InChI=1S/C15H17N3O2/c1-10-8-13(15(16)18-19)9-14(17-10)20-11(2)12-6-4-3-5-7-12/h3-9,11,19H,1-2H3,(H2,16,18). The number of ether oxygens (including phenoxy) is 1. The van der Waals surface area contributed by atoms with Crippen molar-refractivity contribution >= 4 is 5.84 Å². The second kappa shape index (κ2) is 6.06. The van der Waals surface area contributed by atoms with Gasteiger partial charge in [0.15, 0.2) is 5.84 Å². The number of hydrogen-bond donors (Lipinski definition) is 2. The Morgan fingerprint density at radius 1 is 1.30 bits per heavy atom. The highest BCUT2D eigenvalue weighted by molar-refractivity contribution is 5.97. The van der Waals surface area contributed by atoms with E-state index in [1.54, 1.807) is 12.1 Å². The maximum atomic E-state index is 8.73. The van der Waals surface area contributed by atoms with E-state index in [-0.39, 0.29) is 11.9 Å². The Balaban J connectivity index is 2.23. The first-order chi connectivity index (χ1) is 9.60.